The van der Waals surface area contributed by atoms with Crippen molar-refractivity contribution in [1.82, 2.24) is 0 Å². The van der Waals surface area contributed by atoms with Gasteiger partial charge in [-0.2, -0.15) is 0 Å². The molecule has 3 N–H and O–H groups in total. The number of carbonyl (C=O) groups is 2. The van der Waals surface area contributed by atoms with E-state index in [4.69, 9.17) is 5.73 Å². The second-order valence-corrected chi connectivity index (χ2v) is 7.05. The number of hydrogen-bond donors (Lipinski definition) is 2. The minimum atomic E-state index is -0.512. The molecule has 0 bridgehead atoms. The Balaban J connectivity index is 1.92. The van der Waals surface area contributed by atoms with Crippen molar-refractivity contribution in [2.45, 2.75) is 38.5 Å². The van der Waals surface area contributed by atoms with Crippen LogP contribution in [0.5, 0.6) is 0 Å². The predicted octanol–water partition coefficient (Wildman–Crippen LogP) is 3.90. The number of fused-ring (bicyclic) bond motifs is 1. The summed E-state index contributed by atoms with van der Waals surface area (Å²) in [5.74, 6) is -1.28. The average molecular weight is 346 g/mol. The highest BCUT2D eigenvalue weighted by atomic mass is 32.1. The molecule has 1 aliphatic carbocycles. The van der Waals surface area contributed by atoms with Gasteiger partial charge in [-0.3, -0.25) is 9.59 Å². The van der Waals surface area contributed by atoms with Crippen molar-refractivity contribution in [2.75, 3.05) is 5.32 Å². The minimum Gasteiger partial charge on any atom is -0.365 e. The van der Waals surface area contributed by atoms with Gasteiger partial charge in [-0.15, -0.1) is 11.3 Å². The number of carbonyl (C=O) groups excluding carboxylic acids is 2. The molecule has 0 spiro atoms. The molecule has 1 aromatic heterocycles. The summed E-state index contributed by atoms with van der Waals surface area (Å²) in [7, 11) is 0. The van der Waals surface area contributed by atoms with Gasteiger partial charge in [0.2, 0.25) is 0 Å². The number of hydrogen-bond acceptors (Lipinski definition) is 3. The number of aryl methyl sites for hydroxylation is 1. The first-order valence-corrected chi connectivity index (χ1v) is 8.89. The number of anilines is 1. The van der Waals surface area contributed by atoms with Gasteiger partial charge >= 0.3 is 0 Å². The zero-order valence-corrected chi connectivity index (χ0v) is 14.0. The molecule has 1 heterocycles. The highest BCUT2D eigenvalue weighted by Crippen LogP contribution is 2.37. The fourth-order valence-electron chi connectivity index (χ4n) is 3.04. The normalized spacial score (nSPS) is 14.4. The maximum Gasteiger partial charge on any atom is 0.256 e. The number of amides is 2. The average Bonchev–Trinajstić information content (AvgIpc) is 2.84. The molecule has 0 saturated carbocycles. The Hall–Kier alpha value is -2.21. The van der Waals surface area contributed by atoms with E-state index in [0.717, 1.165) is 42.5 Å². The van der Waals surface area contributed by atoms with E-state index in [0.29, 0.717) is 16.1 Å². The van der Waals surface area contributed by atoms with Gasteiger partial charge in [0.15, 0.2) is 0 Å². The minimum absolute atomic E-state index is 0.340. The molecule has 2 amide bonds. The lowest BCUT2D eigenvalue weighted by Crippen LogP contribution is -2.18. The number of primary amides is 1. The Morgan fingerprint density at radius 3 is 2.38 bits per heavy atom. The standard InChI is InChI=1S/C18H19FN2O2S/c19-12-9-7-11(8-10-12)17(23)21-18-15(16(20)22)13-5-3-1-2-4-6-14(13)24-18/h7-10H,1-6H2,(H2,20,22)(H,21,23). The van der Waals surface area contributed by atoms with Crippen molar-refractivity contribution >= 4 is 28.2 Å². The summed E-state index contributed by atoms with van der Waals surface area (Å²) in [5, 5.41) is 3.29. The topological polar surface area (TPSA) is 72.2 Å². The van der Waals surface area contributed by atoms with E-state index in [1.807, 2.05) is 0 Å². The molecule has 0 atom stereocenters. The van der Waals surface area contributed by atoms with Crippen LogP contribution in [-0.2, 0) is 12.8 Å². The summed E-state index contributed by atoms with van der Waals surface area (Å²) < 4.78 is 13.0. The van der Waals surface area contributed by atoms with E-state index >= 15 is 0 Å². The molecule has 6 heteroatoms. The Bertz CT molecular complexity index is 768. The molecule has 4 nitrogen and oxygen atoms in total. The molecule has 1 aromatic carbocycles. The number of halogens is 1. The van der Waals surface area contributed by atoms with Crippen molar-refractivity contribution in [3.63, 3.8) is 0 Å². The molecule has 3 rings (SSSR count). The SMILES string of the molecule is NC(=O)c1c(NC(=O)c2ccc(F)cc2)sc2c1CCCCCC2. The van der Waals surface area contributed by atoms with Crippen molar-refractivity contribution in [1.29, 1.82) is 0 Å². The monoisotopic (exact) mass is 346 g/mol. The molecule has 0 saturated heterocycles. The van der Waals surface area contributed by atoms with E-state index in [9.17, 15) is 14.0 Å². The van der Waals surface area contributed by atoms with Gasteiger partial charge in [-0.25, -0.2) is 4.39 Å². The third kappa shape index (κ3) is 3.48. The Morgan fingerprint density at radius 2 is 1.71 bits per heavy atom. The van der Waals surface area contributed by atoms with Gasteiger partial charge in [-0.1, -0.05) is 12.8 Å². The summed E-state index contributed by atoms with van der Waals surface area (Å²) >= 11 is 1.43. The molecule has 0 aliphatic heterocycles. The Morgan fingerprint density at radius 1 is 1.04 bits per heavy atom. The second-order valence-electron chi connectivity index (χ2n) is 5.95. The lowest BCUT2D eigenvalue weighted by molar-refractivity contribution is 0.100. The maximum atomic E-state index is 13.0. The molecule has 24 heavy (non-hydrogen) atoms. The summed E-state index contributed by atoms with van der Waals surface area (Å²) in [4.78, 5) is 25.5. The van der Waals surface area contributed by atoms with E-state index in [2.05, 4.69) is 5.32 Å². The zero-order valence-electron chi connectivity index (χ0n) is 13.2. The van der Waals surface area contributed by atoms with Crippen LogP contribution in [0.15, 0.2) is 24.3 Å². The Kier molecular flexibility index (Phi) is 4.94. The fraction of sp³-hybridized carbons (Fsp3) is 0.333. The summed E-state index contributed by atoms with van der Waals surface area (Å²) in [6.45, 7) is 0. The molecule has 1 aliphatic rings. The van der Waals surface area contributed by atoms with Gasteiger partial charge in [0.05, 0.1) is 5.56 Å². The maximum absolute atomic E-state index is 13.0. The first kappa shape index (κ1) is 16.6. The number of rotatable bonds is 3. The number of nitrogens with one attached hydrogen (secondary N) is 1. The van der Waals surface area contributed by atoms with Crippen LogP contribution in [0, 0.1) is 5.82 Å². The van der Waals surface area contributed by atoms with Crippen LogP contribution in [0.1, 0.15) is 56.8 Å². The van der Waals surface area contributed by atoms with E-state index in [1.165, 1.54) is 42.0 Å². The second kappa shape index (κ2) is 7.13. The predicted molar refractivity (Wildman–Crippen MR) is 93.1 cm³/mol. The van der Waals surface area contributed by atoms with E-state index < -0.39 is 11.7 Å². The van der Waals surface area contributed by atoms with Gasteiger partial charge in [0, 0.05) is 10.4 Å². The zero-order chi connectivity index (χ0) is 17.1. The van der Waals surface area contributed by atoms with Crippen LogP contribution in [0.2, 0.25) is 0 Å². The lowest BCUT2D eigenvalue weighted by atomic mass is 9.96. The van der Waals surface area contributed by atoms with Crippen LogP contribution < -0.4 is 11.1 Å². The third-order valence-corrected chi connectivity index (χ3v) is 5.46. The lowest BCUT2D eigenvalue weighted by Gasteiger charge is -2.10. The summed E-state index contributed by atoms with van der Waals surface area (Å²) in [5.41, 5.74) is 7.34. The van der Waals surface area contributed by atoms with Crippen molar-refractivity contribution < 1.29 is 14.0 Å². The molecule has 2 aromatic rings. The van der Waals surface area contributed by atoms with Gasteiger partial charge < -0.3 is 11.1 Å². The van der Waals surface area contributed by atoms with Crippen LogP contribution in [0.3, 0.4) is 0 Å². The van der Waals surface area contributed by atoms with Crippen LogP contribution in [-0.4, -0.2) is 11.8 Å². The molecule has 0 radical (unpaired) electrons. The van der Waals surface area contributed by atoms with Crippen molar-refractivity contribution in [3.05, 3.63) is 51.7 Å². The van der Waals surface area contributed by atoms with E-state index in [-0.39, 0.29) is 5.91 Å². The summed E-state index contributed by atoms with van der Waals surface area (Å²) in [6, 6.07) is 5.30. The van der Waals surface area contributed by atoms with Gasteiger partial charge in [0.1, 0.15) is 10.8 Å². The third-order valence-electron chi connectivity index (χ3n) is 4.25. The highest BCUT2D eigenvalue weighted by molar-refractivity contribution is 7.17. The largest absolute Gasteiger partial charge is 0.365 e. The molecular weight excluding hydrogens is 327 g/mol. The summed E-state index contributed by atoms with van der Waals surface area (Å²) in [6.07, 6.45) is 6.15. The number of benzene rings is 1. The molecular formula is C18H19FN2O2S. The molecule has 0 fully saturated rings. The number of nitrogens with two attached hydrogens (primary N) is 1. The number of thiophene rings is 1. The Labute approximate surface area is 143 Å². The van der Waals surface area contributed by atoms with Crippen LogP contribution >= 0.6 is 11.3 Å². The quantitative estimate of drug-likeness (QED) is 0.885. The van der Waals surface area contributed by atoms with Crippen LogP contribution in [0.25, 0.3) is 0 Å². The van der Waals surface area contributed by atoms with Crippen LogP contribution in [0.4, 0.5) is 9.39 Å². The molecule has 0 unspecified atom stereocenters. The van der Waals surface area contributed by atoms with E-state index in [1.54, 1.807) is 0 Å². The van der Waals surface area contributed by atoms with Crippen molar-refractivity contribution in [3.8, 4) is 0 Å². The first-order valence-electron chi connectivity index (χ1n) is 8.07. The smallest absolute Gasteiger partial charge is 0.256 e. The fourth-order valence-corrected chi connectivity index (χ4v) is 4.33. The van der Waals surface area contributed by atoms with Gasteiger partial charge in [0.25, 0.3) is 11.8 Å². The van der Waals surface area contributed by atoms with Crippen molar-refractivity contribution in [2.24, 2.45) is 5.73 Å². The first-order chi connectivity index (χ1) is 11.6. The molecule has 126 valence electrons. The highest BCUT2D eigenvalue weighted by Gasteiger charge is 2.24. The van der Waals surface area contributed by atoms with Gasteiger partial charge in [-0.05, 0) is 55.5 Å².